The number of ether oxygens (including phenoxy) is 2. The van der Waals surface area contributed by atoms with Gasteiger partial charge in [-0.05, 0) is 36.8 Å². The molecule has 0 spiro atoms. The van der Waals surface area contributed by atoms with E-state index in [1.54, 1.807) is 44.8 Å². The Hall–Kier alpha value is -2.07. The van der Waals surface area contributed by atoms with E-state index in [0.717, 1.165) is 11.1 Å². The third-order valence-electron chi connectivity index (χ3n) is 3.11. The van der Waals surface area contributed by atoms with Crippen LogP contribution in [0, 0.1) is 6.92 Å². The molecule has 1 unspecified atom stereocenters. The van der Waals surface area contributed by atoms with Crippen molar-refractivity contribution in [1.29, 1.82) is 0 Å². The maximum absolute atomic E-state index is 10.5. The van der Waals surface area contributed by atoms with Crippen LogP contribution in [0.5, 0.6) is 11.5 Å². The molecule has 19 heavy (non-hydrogen) atoms. The molecule has 2 aromatic rings. The van der Waals surface area contributed by atoms with Crippen molar-refractivity contribution in [3.05, 3.63) is 53.3 Å². The summed E-state index contributed by atoms with van der Waals surface area (Å²) in [6.45, 7) is 1.94. The van der Waals surface area contributed by atoms with E-state index in [2.05, 4.69) is 4.98 Å². The molecule has 0 aliphatic heterocycles. The molecule has 1 aromatic carbocycles. The minimum atomic E-state index is -0.793. The van der Waals surface area contributed by atoms with E-state index in [-0.39, 0.29) is 0 Å². The van der Waals surface area contributed by atoms with Gasteiger partial charge in [-0.25, -0.2) is 0 Å². The first-order valence-corrected chi connectivity index (χ1v) is 5.98. The molecule has 0 saturated carbocycles. The molecule has 0 aliphatic carbocycles. The summed E-state index contributed by atoms with van der Waals surface area (Å²) < 4.78 is 10.5. The van der Waals surface area contributed by atoms with Crippen molar-refractivity contribution < 1.29 is 14.6 Å². The Balaban J connectivity index is 2.48. The molecule has 0 radical (unpaired) electrons. The number of aryl methyl sites for hydroxylation is 1. The molecule has 1 atom stereocenters. The monoisotopic (exact) mass is 259 g/mol. The molecular weight excluding hydrogens is 242 g/mol. The number of rotatable bonds is 4. The molecule has 1 aromatic heterocycles. The fourth-order valence-corrected chi connectivity index (χ4v) is 1.98. The van der Waals surface area contributed by atoms with E-state index in [4.69, 9.17) is 9.47 Å². The highest BCUT2D eigenvalue weighted by Crippen LogP contribution is 2.33. The standard InChI is InChI=1S/C15H17NO3/c1-10-6-7-16-9-13(10)15(17)12-8-11(18-2)4-5-14(12)19-3/h4-9,15,17H,1-3H3. The third kappa shape index (κ3) is 2.69. The Morgan fingerprint density at radius 1 is 1.11 bits per heavy atom. The normalized spacial score (nSPS) is 12.0. The van der Waals surface area contributed by atoms with Crippen LogP contribution in [-0.4, -0.2) is 24.3 Å². The predicted octanol–water partition coefficient (Wildman–Crippen LogP) is 2.49. The lowest BCUT2D eigenvalue weighted by molar-refractivity contribution is 0.213. The number of hydrogen-bond donors (Lipinski definition) is 1. The second-order valence-electron chi connectivity index (χ2n) is 4.24. The maximum Gasteiger partial charge on any atom is 0.125 e. The van der Waals surface area contributed by atoms with Gasteiger partial charge in [0.15, 0.2) is 0 Å². The number of aliphatic hydroxyl groups is 1. The van der Waals surface area contributed by atoms with Gasteiger partial charge in [-0.1, -0.05) is 0 Å². The molecular formula is C15H17NO3. The van der Waals surface area contributed by atoms with Gasteiger partial charge in [0.05, 0.1) is 14.2 Å². The zero-order valence-corrected chi connectivity index (χ0v) is 11.3. The van der Waals surface area contributed by atoms with Crippen LogP contribution in [0.2, 0.25) is 0 Å². The summed E-state index contributed by atoms with van der Waals surface area (Å²) in [5.74, 6) is 1.30. The summed E-state index contributed by atoms with van der Waals surface area (Å²) in [5.41, 5.74) is 2.40. The summed E-state index contributed by atoms with van der Waals surface area (Å²) in [5, 5.41) is 10.5. The summed E-state index contributed by atoms with van der Waals surface area (Å²) in [7, 11) is 3.17. The van der Waals surface area contributed by atoms with Gasteiger partial charge in [-0.3, -0.25) is 4.98 Å². The summed E-state index contributed by atoms with van der Waals surface area (Å²) in [4.78, 5) is 4.06. The van der Waals surface area contributed by atoms with Crippen molar-refractivity contribution in [2.45, 2.75) is 13.0 Å². The fraction of sp³-hybridized carbons (Fsp3) is 0.267. The molecule has 1 N–H and O–H groups in total. The number of nitrogens with zero attached hydrogens (tertiary/aromatic N) is 1. The third-order valence-corrected chi connectivity index (χ3v) is 3.11. The second-order valence-corrected chi connectivity index (χ2v) is 4.24. The molecule has 4 nitrogen and oxygen atoms in total. The molecule has 4 heteroatoms. The van der Waals surface area contributed by atoms with Gasteiger partial charge in [0.2, 0.25) is 0 Å². The van der Waals surface area contributed by atoms with Crippen molar-refractivity contribution in [1.82, 2.24) is 4.98 Å². The second kappa shape index (κ2) is 5.71. The van der Waals surface area contributed by atoms with Gasteiger partial charge in [-0.2, -0.15) is 0 Å². The number of aromatic nitrogens is 1. The van der Waals surface area contributed by atoms with Gasteiger partial charge in [0.1, 0.15) is 17.6 Å². The van der Waals surface area contributed by atoms with E-state index >= 15 is 0 Å². The smallest absolute Gasteiger partial charge is 0.125 e. The number of methoxy groups -OCH3 is 2. The minimum absolute atomic E-state index is 0.622. The lowest BCUT2D eigenvalue weighted by Gasteiger charge is -2.17. The van der Waals surface area contributed by atoms with E-state index < -0.39 is 6.10 Å². The number of benzene rings is 1. The molecule has 0 fully saturated rings. The Labute approximate surface area is 112 Å². The molecule has 100 valence electrons. The lowest BCUT2D eigenvalue weighted by atomic mass is 9.98. The average Bonchev–Trinajstić information content (AvgIpc) is 2.46. The Morgan fingerprint density at radius 2 is 1.89 bits per heavy atom. The molecule has 2 rings (SSSR count). The van der Waals surface area contributed by atoms with E-state index in [1.807, 2.05) is 13.0 Å². The van der Waals surface area contributed by atoms with Crippen molar-refractivity contribution in [3.63, 3.8) is 0 Å². The highest BCUT2D eigenvalue weighted by Gasteiger charge is 2.18. The van der Waals surface area contributed by atoms with Crippen LogP contribution >= 0.6 is 0 Å². The van der Waals surface area contributed by atoms with Crippen LogP contribution in [0.4, 0.5) is 0 Å². The quantitative estimate of drug-likeness (QED) is 0.916. The van der Waals surface area contributed by atoms with Crippen LogP contribution in [0.25, 0.3) is 0 Å². The number of hydrogen-bond acceptors (Lipinski definition) is 4. The molecule has 0 bridgehead atoms. The van der Waals surface area contributed by atoms with Crippen molar-refractivity contribution in [2.24, 2.45) is 0 Å². The van der Waals surface area contributed by atoms with Gasteiger partial charge in [0.25, 0.3) is 0 Å². The topological polar surface area (TPSA) is 51.6 Å². The number of aliphatic hydroxyl groups excluding tert-OH is 1. The zero-order chi connectivity index (χ0) is 13.8. The Bertz CT molecular complexity index is 569. The first kappa shape index (κ1) is 13.4. The van der Waals surface area contributed by atoms with Crippen molar-refractivity contribution >= 4 is 0 Å². The summed E-state index contributed by atoms with van der Waals surface area (Å²) in [6.07, 6.45) is 2.58. The lowest BCUT2D eigenvalue weighted by Crippen LogP contribution is -2.05. The van der Waals surface area contributed by atoms with E-state index in [1.165, 1.54) is 0 Å². The maximum atomic E-state index is 10.5. The average molecular weight is 259 g/mol. The molecule has 0 saturated heterocycles. The van der Waals surface area contributed by atoms with Crippen LogP contribution in [0.3, 0.4) is 0 Å². The van der Waals surface area contributed by atoms with E-state index in [0.29, 0.717) is 17.1 Å². The number of pyridine rings is 1. The van der Waals surface area contributed by atoms with Gasteiger partial charge >= 0.3 is 0 Å². The first-order chi connectivity index (χ1) is 9.17. The first-order valence-electron chi connectivity index (χ1n) is 5.98. The van der Waals surface area contributed by atoms with Gasteiger partial charge < -0.3 is 14.6 Å². The highest BCUT2D eigenvalue weighted by molar-refractivity contribution is 5.45. The SMILES string of the molecule is COc1ccc(OC)c(C(O)c2cnccc2C)c1. The largest absolute Gasteiger partial charge is 0.497 e. The molecule has 0 aliphatic rings. The summed E-state index contributed by atoms with van der Waals surface area (Å²) >= 11 is 0. The zero-order valence-electron chi connectivity index (χ0n) is 11.3. The van der Waals surface area contributed by atoms with Crippen molar-refractivity contribution in [3.8, 4) is 11.5 Å². The predicted molar refractivity (Wildman–Crippen MR) is 72.6 cm³/mol. The van der Waals surface area contributed by atoms with E-state index in [9.17, 15) is 5.11 Å². The molecule has 1 heterocycles. The van der Waals surface area contributed by atoms with Crippen molar-refractivity contribution in [2.75, 3.05) is 14.2 Å². The Kier molecular flexibility index (Phi) is 4.02. The molecule has 0 amide bonds. The summed E-state index contributed by atoms with van der Waals surface area (Å²) in [6, 6.07) is 7.22. The van der Waals surface area contributed by atoms with Crippen LogP contribution in [-0.2, 0) is 0 Å². The van der Waals surface area contributed by atoms with Crippen LogP contribution in [0.1, 0.15) is 22.8 Å². The Morgan fingerprint density at radius 3 is 2.53 bits per heavy atom. The minimum Gasteiger partial charge on any atom is -0.497 e. The highest BCUT2D eigenvalue weighted by atomic mass is 16.5. The van der Waals surface area contributed by atoms with Crippen LogP contribution < -0.4 is 9.47 Å². The van der Waals surface area contributed by atoms with Crippen LogP contribution in [0.15, 0.2) is 36.7 Å². The van der Waals surface area contributed by atoms with Gasteiger partial charge in [0, 0.05) is 23.5 Å². The fourth-order valence-electron chi connectivity index (χ4n) is 1.98. The van der Waals surface area contributed by atoms with Gasteiger partial charge in [-0.15, -0.1) is 0 Å².